The first-order chi connectivity index (χ1) is 14.2. The summed E-state index contributed by atoms with van der Waals surface area (Å²) in [6.45, 7) is 0.438. The van der Waals surface area contributed by atoms with E-state index in [-0.39, 0.29) is 5.91 Å². The predicted octanol–water partition coefficient (Wildman–Crippen LogP) is 4.86. The Balaban J connectivity index is 1.51. The van der Waals surface area contributed by atoms with Gasteiger partial charge in [-0.05, 0) is 42.0 Å². The fourth-order valence-electron chi connectivity index (χ4n) is 2.80. The number of carbonyl (C=O) groups excluding carboxylic acids is 1. The number of aromatic nitrogens is 3. The lowest BCUT2D eigenvalue weighted by Crippen LogP contribution is -2.14. The number of halogens is 1. The molecule has 1 N–H and O–H groups in total. The highest BCUT2D eigenvalue weighted by Gasteiger charge is 2.12. The predicted molar refractivity (Wildman–Crippen MR) is 114 cm³/mol. The zero-order valence-corrected chi connectivity index (χ0v) is 16.9. The molecule has 1 amide bonds. The second kappa shape index (κ2) is 8.70. The maximum atomic E-state index is 12.8. The van der Waals surface area contributed by atoms with Crippen LogP contribution in [0.2, 0.25) is 0 Å². The van der Waals surface area contributed by atoms with Gasteiger partial charge < -0.3 is 10.1 Å². The Kier molecular flexibility index (Phi) is 5.67. The molecule has 0 unspecified atom stereocenters. The molecule has 0 saturated carbocycles. The number of ether oxygens (including phenoxy) is 1. The Labute approximate surface area is 176 Å². The summed E-state index contributed by atoms with van der Waals surface area (Å²) in [5, 5.41) is 7.09. The minimum atomic E-state index is -0.241. The molecule has 6 nitrogen and oxygen atoms in total. The van der Waals surface area contributed by atoms with E-state index in [1.54, 1.807) is 29.2 Å². The lowest BCUT2D eigenvalue weighted by Gasteiger charge is -2.12. The van der Waals surface area contributed by atoms with Crippen molar-refractivity contribution in [1.29, 1.82) is 0 Å². The van der Waals surface area contributed by atoms with Crippen LogP contribution in [0.4, 0.5) is 5.69 Å². The molecule has 0 aliphatic carbocycles. The molecular formula is C22H17BrN4O2. The molecule has 0 atom stereocenters. The number of hydrogen-bond donors (Lipinski definition) is 1. The van der Waals surface area contributed by atoms with E-state index in [4.69, 9.17) is 4.74 Å². The van der Waals surface area contributed by atoms with E-state index >= 15 is 0 Å². The molecule has 1 aromatic heterocycles. The molecule has 0 bridgehead atoms. The van der Waals surface area contributed by atoms with Gasteiger partial charge in [0, 0.05) is 10.0 Å². The largest absolute Gasteiger partial charge is 0.489 e. The van der Waals surface area contributed by atoms with Crippen LogP contribution in [0.1, 0.15) is 15.9 Å². The number of anilines is 1. The fraction of sp³-hybridized carbons (Fsp3) is 0.0455. The van der Waals surface area contributed by atoms with Gasteiger partial charge in [-0.2, -0.15) is 5.10 Å². The molecular weight excluding hydrogens is 432 g/mol. The van der Waals surface area contributed by atoms with Gasteiger partial charge in [-0.15, -0.1) is 0 Å². The zero-order valence-electron chi connectivity index (χ0n) is 15.3. The smallest absolute Gasteiger partial charge is 0.255 e. The van der Waals surface area contributed by atoms with Crippen molar-refractivity contribution in [2.45, 2.75) is 6.61 Å². The lowest BCUT2D eigenvalue weighted by atomic mass is 10.2. The highest BCUT2D eigenvalue weighted by atomic mass is 79.9. The molecule has 3 aromatic carbocycles. The summed E-state index contributed by atoms with van der Waals surface area (Å²) in [4.78, 5) is 16.8. The summed E-state index contributed by atoms with van der Waals surface area (Å²) in [6, 6.07) is 22.6. The van der Waals surface area contributed by atoms with Crippen molar-refractivity contribution in [3.63, 3.8) is 0 Å². The van der Waals surface area contributed by atoms with Crippen LogP contribution in [-0.2, 0) is 6.61 Å². The van der Waals surface area contributed by atoms with E-state index in [2.05, 4.69) is 31.3 Å². The van der Waals surface area contributed by atoms with E-state index in [0.29, 0.717) is 23.6 Å². The summed E-state index contributed by atoms with van der Waals surface area (Å²) in [5.41, 5.74) is 2.90. The minimum Gasteiger partial charge on any atom is -0.489 e. The molecule has 4 aromatic rings. The number of benzene rings is 3. The monoisotopic (exact) mass is 448 g/mol. The summed E-state index contributed by atoms with van der Waals surface area (Å²) >= 11 is 3.44. The molecule has 0 spiro atoms. The van der Waals surface area contributed by atoms with Crippen molar-refractivity contribution in [3.8, 4) is 11.4 Å². The Bertz CT molecular complexity index is 1110. The number of hydrogen-bond acceptors (Lipinski definition) is 4. The van der Waals surface area contributed by atoms with Crippen LogP contribution in [-0.4, -0.2) is 20.7 Å². The molecule has 0 saturated heterocycles. The first-order valence-corrected chi connectivity index (χ1v) is 9.71. The lowest BCUT2D eigenvalue weighted by molar-refractivity contribution is 0.102. The molecule has 0 aliphatic heterocycles. The van der Waals surface area contributed by atoms with E-state index in [0.717, 1.165) is 15.7 Å². The third-order valence-corrected chi connectivity index (χ3v) is 4.71. The number of nitrogens with one attached hydrogen (secondary N) is 1. The van der Waals surface area contributed by atoms with Gasteiger partial charge >= 0.3 is 0 Å². The van der Waals surface area contributed by atoms with Gasteiger partial charge in [0.1, 0.15) is 25.0 Å². The highest BCUT2D eigenvalue weighted by Crippen LogP contribution is 2.25. The summed E-state index contributed by atoms with van der Waals surface area (Å²) in [5.74, 6) is 0.391. The van der Waals surface area contributed by atoms with Crippen LogP contribution in [0.3, 0.4) is 0 Å². The number of rotatable bonds is 6. The van der Waals surface area contributed by atoms with Gasteiger partial charge in [-0.3, -0.25) is 4.79 Å². The third kappa shape index (κ3) is 4.70. The van der Waals surface area contributed by atoms with Crippen molar-refractivity contribution in [1.82, 2.24) is 14.8 Å². The third-order valence-electron chi connectivity index (χ3n) is 4.22. The summed E-state index contributed by atoms with van der Waals surface area (Å²) in [6.07, 6.45) is 3.03. The SMILES string of the molecule is O=C(Nc1cc(Br)ccc1-n1cncn1)c1cccc(OCc2ccccc2)c1. The van der Waals surface area contributed by atoms with Gasteiger partial charge in [-0.1, -0.05) is 52.3 Å². The standard InChI is InChI=1S/C22H17BrN4O2/c23-18-9-10-21(27-15-24-14-25-27)20(12-18)26-22(28)17-7-4-8-19(11-17)29-13-16-5-2-1-3-6-16/h1-12,14-15H,13H2,(H,26,28). The summed E-state index contributed by atoms with van der Waals surface area (Å²) in [7, 11) is 0. The van der Waals surface area contributed by atoms with Crippen LogP contribution in [0.15, 0.2) is 89.9 Å². The summed E-state index contributed by atoms with van der Waals surface area (Å²) < 4.78 is 8.27. The highest BCUT2D eigenvalue weighted by molar-refractivity contribution is 9.10. The van der Waals surface area contributed by atoms with Crippen molar-refractivity contribution in [2.24, 2.45) is 0 Å². The molecule has 0 aliphatic rings. The Morgan fingerprint density at radius 2 is 1.90 bits per heavy atom. The molecule has 4 rings (SSSR count). The molecule has 7 heteroatoms. The van der Waals surface area contributed by atoms with Gasteiger partial charge in [-0.25, -0.2) is 9.67 Å². The Hall–Kier alpha value is -3.45. The number of nitrogens with zero attached hydrogens (tertiary/aromatic N) is 3. The van der Waals surface area contributed by atoms with Crippen LogP contribution < -0.4 is 10.1 Å². The van der Waals surface area contributed by atoms with Gasteiger partial charge in [0.25, 0.3) is 5.91 Å². The average molecular weight is 449 g/mol. The van der Waals surface area contributed by atoms with Gasteiger partial charge in [0.05, 0.1) is 11.4 Å². The Morgan fingerprint density at radius 1 is 1.03 bits per heavy atom. The fourth-order valence-corrected chi connectivity index (χ4v) is 3.16. The van der Waals surface area contributed by atoms with Crippen molar-refractivity contribution >= 4 is 27.5 Å². The van der Waals surface area contributed by atoms with E-state index in [1.165, 1.54) is 6.33 Å². The molecule has 29 heavy (non-hydrogen) atoms. The first-order valence-electron chi connectivity index (χ1n) is 8.92. The number of carbonyl (C=O) groups is 1. The van der Waals surface area contributed by atoms with Crippen LogP contribution in [0, 0.1) is 0 Å². The van der Waals surface area contributed by atoms with Crippen LogP contribution in [0.5, 0.6) is 5.75 Å². The molecule has 144 valence electrons. The maximum absolute atomic E-state index is 12.8. The normalized spacial score (nSPS) is 10.5. The average Bonchev–Trinajstić information content (AvgIpc) is 3.28. The first kappa shape index (κ1) is 18.9. The number of amides is 1. The molecule has 1 heterocycles. The minimum absolute atomic E-state index is 0.241. The maximum Gasteiger partial charge on any atom is 0.255 e. The molecule has 0 fully saturated rings. The second-order valence-corrected chi connectivity index (χ2v) is 7.17. The van der Waals surface area contributed by atoms with Gasteiger partial charge in [0.15, 0.2) is 0 Å². The van der Waals surface area contributed by atoms with E-state index in [9.17, 15) is 4.79 Å². The Morgan fingerprint density at radius 3 is 2.69 bits per heavy atom. The zero-order chi connectivity index (χ0) is 20.1. The van der Waals surface area contributed by atoms with Crippen molar-refractivity contribution in [2.75, 3.05) is 5.32 Å². The second-order valence-electron chi connectivity index (χ2n) is 6.26. The van der Waals surface area contributed by atoms with Crippen molar-refractivity contribution < 1.29 is 9.53 Å². The van der Waals surface area contributed by atoms with Crippen molar-refractivity contribution in [3.05, 3.63) is 101 Å². The quantitative estimate of drug-likeness (QED) is 0.457. The van der Waals surface area contributed by atoms with Crippen LogP contribution in [0.25, 0.3) is 5.69 Å². The van der Waals surface area contributed by atoms with Crippen LogP contribution >= 0.6 is 15.9 Å². The topological polar surface area (TPSA) is 69.0 Å². The van der Waals surface area contributed by atoms with E-state index < -0.39 is 0 Å². The van der Waals surface area contributed by atoms with E-state index in [1.807, 2.05) is 54.6 Å². The van der Waals surface area contributed by atoms with Gasteiger partial charge in [0.2, 0.25) is 0 Å². The molecule has 0 radical (unpaired) electrons.